The van der Waals surface area contributed by atoms with E-state index in [0.29, 0.717) is 24.7 Å². The molecule has 2 aromatic rings. The molecular formula is C19H22N4O3. The van der Waals surface area contributed by atoms with E-state index in [1.807, 2.05) is 62.4 Å². The molecule has 0 atom stereocenters. The van der Waals surface area contributed by atoms with Crippen LogP contribution < -0.4 is 20.3 Å². The van der Waals surface area contributed by atoms with E-state index in [9.17, 15) is 4.79 Å². The van der Waals surface area contributed by atoms with Crippen LogP contribution in [0.15, 0.2) is 58.7 Å². The first-order valence-corrected chi connectivity index (χ1v) is 8.30. The van der Waals surface area contributed by atoms with Gasteiger partial charge in [0.05, 0.1) is 25.6 Å². The van der Waals surface area contributed by atoms with Crippen LogP contribution in [0.4, 0.5) is 4.79 Å². The number of urea groups is 1. The number of carbonyl (C=O) groups excluding carboxylic acids is 1. The minimum absolute atomic E-state index is 0.552. The highest BCUT2D eigenvalue weighted by molar-refractivity contribution is 5.86. The molecule has 0 aliphatic heterocycles. The third kappa shape index (κ3) is 5.94. The van der Waals surface area contributed by atoms with Crippen molar-refractivity contribution in [1.29, 1.82) is 0 Å². The number of benzene rings is 2. The largest absolute Gasteiger partial charge is 0.493 e. The SMILES string of the molecule is CCOc1ccccc1C=NNC(=O)NN=Cc1ccccc1OCC. The van der Waals surface area contributed by atoms with Crippen molar-refractivity contribution in [3.63, 3.8) is 0 Å². The van der Waals surface area contributed by atoms with E-state index in [0.717, 1.165) is 11.1 Å². The van der Waals surface area contributed by atoms with Crippen molar-refractivity contribution in [3.8, 4) is 11.5 Å². The third-order valence-electron chi connectivity index (χ3n) is 3.18. The molecule has 0 saturated carbocycles. The number of ether oxygens (including phenoxy) is 2. The van der Waals surface area contributed by atoms with Crippen molar-refractivity contribution in [2.45, 2.75) is 13.8 Å². The number of carbonyl (C=O) groups is 1. The number of hydrogen-bond donors (Lipinski definition) is 2. The normalized spacial score (nSPS) is 10.8. The molecule has 0 radical (unpaired) electrons. The van der Waals surface area contributed by atoms with Crippen molar-refractivity contribution in [2.24, 2.45) is 10.2 Å². The number of nitrogens with zero attached hydrogens (tertiary/aromatic N) is 2. The molecule has 136 valence electrons. The Hall–Kier alpha value is -3.35. The van der Waals surface area contributed by atoms with Gasteiger partial charge in [-0.3, -0.25) is 0 Å². The summed E-state index contributed by atoms with van der Waals surface area (Å²) in [5.41, 5.74) is 6.23. The van der Waals surface area contributed by atoms with Crippen molar-refractivity contribution in [3.05, 3.63) is 59.7 Å². The van der Waals surface area contributed by atoms with E-state index < -0.39 is 6.03 Å². The molecule has 0 aliphatic carbocycles. The predicted molar refractivity (Wildman–Crippen MR) is 102 cm³/mol. The monoisotopic (exact) mass is 354 g/mol. The smallest absolute Gasteiger partial charge is 0.355 e. The first-order valence-electron chi connectivity index (χ1n) is 8.30. The van der Waals surface area contributed by atoms with Gasteiger partial charge in [0, 0.05) is 11.1 Å². The lowest BCUT2D eigenvalue weighted by atomic mass is 10.2. The van der Waals surface area contributed by atoms with E-state index in [-0.39, 0.29) is 0 Å². The van der Waals surface area contributed by atoms with Crippen LogP contribution in [-0.4, -0.2) is 31.7 Å². The summed E-state index contributed by atoms with van der Waals surface area (Å²) in [4.78, 5) is 11.7. The third-order valence-corrected chi connectivity index (χ3v) is 3.18. The summed E-state index contributed by atoms with van der Waals surface area (Å²) < 4.78 is 11.0. The summed E-state index contributed by atoms with van der Waals surface area (Å²) in [6, 6.07) is 14.3. The van der Waals surface area contributed by atoms with Gasteiger partial charge in [-0.05, 0) is 38.1 Å². The van der Waals surface area contributed by atoms with Gasteiger partial charge in [-0.25, -0.2) is 15.6 Å². The highest BCUT2D eigenvalue weighted by Gasteiger charge is 2.01. The standard InChI is InChI=1S/C19H22N4O3/c1-3-25-17-11-7-5-9-15(17)13-20-22-19(24)23-21-14-16-10-6-8-12-18(16)26-4-2/h5-14H,3-4H2,1-2H3,(H2,22,23,24). The number of rotatable bonds is 8. The molecule has 0 aromatic heterocycles. The Morgan fingerprint density at radius 1 is 0.846 bits per heavy atom. The maximum absolute atomic E-state index is 11.7. The summed E-state index contributed by atoms with van der Waals surface area (Å²) in [7, 11) is 0. The molecule has 0 saturated heterocycles. The number of nitrogens with one attached hydrogen (secondary N) is 2. The van der Waals surface area contributed by atoms with E-state index in [2.05, 4.69) is 21.1 Å². The molecule has 0 aliphatic rings. The second-order valence-electron chi connectivity index (χ2n) is 5.01. The highest BCUT2D eigenvalue weighted by atomic mass is 16.5. The summed E-state index contributed by atoms with van der Waals surface area (Å²) in [5.74, 6) is 1.40. The van der Waals surface area contributed by atoms with Crippen LogP contribution in [0.5, 0.6) is 11.5 Å². The maximum atomic E-state index is 11.7. The first kappa shape index (κ1) is 19.0. The summed E-state index contributed by atoms with van der Waals surface area (Å²) in [6.45, 7) is 4.91. The van der Waals surface area contributed by atoms with Crippen LogP contribution in [-0.2, 0) is 0 Å². The second-order valence-corrected chi connectivity index (χ2v) is 5.01. The van der Waals surface area contributed by atoms with Crippen LogP contribution in [0.3, 0.4) is 0 Å². The molecule has 2 aromatic carbocycles. The van der Waals surface area contributed by atoms with Crippen molar-refractivity contribution in [1.82, 2.24) is 10.9 Å². The fourth-order valence-corrected chi connectivity index (χ4v) is 2.09. The summed E-state index contributed by atoms with van der Waals surface area (Å²) in [5, 5.41) is 7.78. The van der Waals surface area contributed by atoms with Crippen molar-refractivity contribution < 1.29 is 14.3 Å². The minimum Gasteiger partial charge on any atom is -0.493 e. The number of hydrogen-bond acceptors (Lipinski definition) is 5. The summed E-state index contributed by atoms with van der Waals surface area (Å²) >= 11 is 0. The zero-order valence-electron chi connectivity index (χ0n) is 14.8. The van der Waals surface area contributed by atoms with Crippen LogP contribution in [0.1, 0.15) is 25.0 Å². The van der Waals surface area contributed by atoms with E-state index in [4.69, 9.17) is 9.47 Å². The lowest BCUT2D eigenvalue weighted by Gasteiger charge is -2.06. The minimum atomic E-state index is -0.555. The molecule has 2 amide bonds. The van der Waals surface area contributed by atoms with Gasteiger partial charge in [0.1, 0.15) is 11.5 Å². The van der Waals surface area contributed by atoms with E-state index >= 15 is 0 Å². The molecular weight excluding hydrogens is 332 g/mol. The van der Waals surface area contributed by atoms with Gasteiger partial charge in [-0.15, -0.1) is 0 Å². The Morgan fingerprint density at radius 3 is 1.69 bits per heavy atom. The molecule has 26 heavy (non-hydrogen) atoms. The fraction of sp³-hybridized carbons (Fsp3) is 0.211. The molecule has 0 fully saturated rings. The van der Waals surface area contributed by atoms with Gasteiger partial charge in [-0.2, -0.15) is 10.2 Å². The molecule has 0 heterocycles. The van der Waals surface area contributed by atoms with Gasteiger partial charge >= 0.3 is 6.03 Å². The number of hydrazone groups is 2. The van der Waals surface area contributed by atoms with Gasteiger partial charge < -0.3 is 9.47 Å². The maximum Gasteiger partial charge on any atom is 0.355 e. The molecule has 0 bridgehead atoms. The van der Waals surface area contributed by atoms with Crippen LogP contribution in [0.2, 0.25) is 0 Å². The summed E-state index contributed by atoms with van der Waals surface area (Å²) in [6.07, 6.45) is 3.03. The van der Waals surface area contributed by atoms with Crippen LogP contribution in [0, 0.1) is 0 Å². The Labute approximate surface area is 152 Å². The van der Waals surface area contributed by atoms with Gasteiger partial charge in [0.15, 0.2) is 0 Å². The molecule has 7 nitrogen and oxygen atoms in total. The Bertz CT molecular complexity index is 711. The van der Waals surface area contributed by atoms with Gasteiger partial charge in [0.2, 0.25) is 0 Å². The molecule has 0 unspecified atom stereocenters. The van der Waals surface area contributed by atoms with Gasteiger partial charge in [0.25, 0.3) is 0 Å². The molecule has 2 rings (SSSR count). The highest BCUT2D eigenvalue weighted by Crippen LogP contribution is 2.16. The average Bonchev–Trinajstić information content (AvgIpc) is 2.65. The second kappa shape index (κ2) is 10.5. The molecule has 7 heteroatoms. The van der Waals surface area contributed by atoms with Crippen LogP contribution in [0.25, 0.3) is 0 Å². The van der Waals surface area contributed by atoms with E-state index in [1.54, 1.807) is 0 Å². The number of amides is 2. The molecule has 2 N–H and O–H groups in total. The lowest BCUT2D eigenvalue weighted by Crippen LogP contribution is -2.28. The van der Waals surface area contributed by atoms with Crippen molar-refractivity contribution in [2.75, 3.05) is 13.2 Å². The Balaban J connectivity index is 1.88. The molecule has 0 spiro atoms. The Morgan fingerprint density at radius 2 is 1.27 bits per heavy atom. The zero-order valence-corrected chi connectivity index (χ0v) is 14.8. The quantitative estimate of drug-likeness (QED) is 0.564. The van der Waals surface area contributed by atoms with Crippen molar-refractivity contribution >= 4 is 18.5 Å². The van der Waals surface area contributed by atoms with Gasteiger partial charge in [-0.1, -0.05) is 24.3 Å². The fourth-order valence-electron chi connectivity index (χ4n) is 2.09. The Kier molecular flexibility index (Phi) is 7.67. The number of para-hydroxylation sites is 2. The van der Waals surface area contributed by atoms with Crippen LogP contribution >= 0.6 is 0 Å². The van der Waals surface area contributed by atoms with E-state index in [1.165, 1.54) is 12.4 Å². The topological polar surface area (TPSA) is 84.3 Å². The average molecular weight is 354 g/mol. The zero-order chi connectivity index (χ0) is 18.6. The first-order chi connectivity index (χ1) is 12.7. The lowest BCUT2D eigenvalue weighted by molar-refractivity contribution is 0.242. The predicted octanol–water partition coefficient (Wildman–Crippen LogP) is 3.15.